The molecule has 0 fully saturated rings. The van der Waals surface area contributed by atoms with Crippen LogP contribution in [0.15, 0.2) is 72.8 Å². The van der Waals surface area contributed by atoms with E-state index in [1.54, 1.807) is 4.57 Å². The van der Waals surface area contributed by atoms with Crippen LogP contribution in [0.1, 0.15) is 47.2 Å². The third-order valence-corrected chi connectivity index (χ3v) is 6.08. The maximum Gasteiger partial charge on any atom is 0.355 e. The zero-order chi connectivity index (χ0) is 24.1. The van der Waals surface area contributed by atoms with Crippen LogP contribution < -0.4 is 0 Å². The van der Waals surface area contributed by atoms with Crippen LogP contribution in [0.2, 0.25) is 5.15 Å². The van der Waals surface area contributed by atoms with Gasteiger partial charge in [-0.2, -0.15) is 5.26 Å². The highest BCUT2D eigenvalue weighted by atomic mass is 35.5. The van der Waals surface area contributed by atoms with Gasteiger partial charge in [-0.25, -0.2) is 9.78 Å². The summed E-state index contributed by atoms with van der Waals surface area (Å²) in [4.78, 5) is 16.1. The third-order valence-electron chi connectivity index (χ3n) is 5.81. The molecule has 1 heterocycles. The number of unbranched alkanes of at least 4 members (excludes halogenated alkanes) is 1. The van der Waals surface area contributed by atoms with Crippen molar-refractivity contribution in [2.75, 3.05) is 0 Å². The van der Waals surface area contributed by atoms with E-state index in [2.05, 4.69) is 18.0 Å². The molecular formula is C28H24ClN3O2. The molecule has 0 spiro atoms. The smallest absolute Gasteiger partial charge is 0.355 e. The molecule has 0 saturated carbocycles. The van der Waals surface area contributed by atoms with Crippen molar-refractivity contribution in [2.24, 2.45) is 0 Å². The molecule has 0 saturated heterocycles. The Bertz CT molecular complexity index is 1350. The van der Waals surface area contributed by atoms with E-state index in [1.807, 2.05) is 72.8 Å². The number of imidazole rings is 1. The topological polar surface area (TPSA) is 78.9 Å². The Hall–Kier alpha value is -3.88. The highest BCUT2D eigenvalue weighted by Crippen LogP contribution is 2.30. The second-order valence-corrected chi connectivity index (χ2v) is 8.46. The van der Waals surface area contributed by atoms with Crippen LogP contribution in [0.4, 0.5) is 0 Å². The third kappa shape index (κ3) is 4.88. The normalized spacial score (nSPS) is 10.7. The SMILES string of the molecule is CCCCc1nc(Cl)c(C(=O)O)n1Cc1ccc(-c2cc(-c3ccccc3)ccc2C#N)cc1. The van der Waals surface area contributed by atoms with Crippen LogP contribution in [0.25, 0.3) is 22.3 Å². The Morgan fingerprint density at radius 1 is 1.03 bits per heavy atom. The molecule has 0 aliphatic carbocycles. The Labute approximate surface area is 203 Å². The summed E-state index contributed by atoms with van der Waals surface area (Å²) in [6.07, 6.45) is 2.55. The molecular weight excluding hydrogens is 446 g/mol. The van der Waals surface area contributed by atoms with Gasteiger partial charge in [0.1, 0.15) is 5.82 Å². The number of aromatic carboxylic acids is 1. The zero-order valence-corrected chi connectivity index (χ0v) is 19.6. The molecule has 4 rings (SSSR count). The molecule has 1 aromatic heterocycles. The molecule has 5 nitrogen and oxygen atoms in total. The van der Waals surface area contributed by atoms with E-state index in [-0.39, 0.29) is 10.8 Å². The van der Waals surface area contributed by atoms with E-state index in [4.69, 9.17) is 11.6 Å². The minimum atomic E-state index is -1.09. The first-order chi connectivity index (χ1) is 16.5. The van der Waals surface area contributed by atoms with Crippen LogP contribution in [0.5, 0.6) is 0 Å². The van der Waals surface area contributed by atoms with E-state index >= 15 is 0 Å². The molecule has 0 unspecified atom stereocenters. The van der Waals surface area contributed by atoms with E-state index < -0.39 is 5.97 Å². The summed E-state index contributed by atoms with van der Waals surface area (Å²) >= 11 is 6.15. The number of hydrogen-bond donors (Lipinski definition) is 1. The van der Waals surface area contributed by atoms with Gasteiger partial charge in [-0.1, -0.05) is 85.6 Å². The number of halogens is 1. The van der Waals surface area contributed by atoms with E-state index in [9.17, 15) is 15.2 Å². The second-order valence-electron chi connectivity index (χ2n) is 8.10. The number of carboxylic acids is 1. The van der Waals surface area contributed by atoms with Crippen LogP contribution in [0.3, 0.4) is 0 Å². The predicted molar refractivity (Wildman–Crippen MR) is 134 cm³/mol. The lowest BCUT2D eigenvalue weighted by Crippen LogP contribution is -2.13. The molecule has 0 atom stereocenters. The second kappa shape index (κ2) is 10.4. The maximum absolute atomic E-state index is 11.8. The number of hydrogen-bond acceptors (Lipinski definition) is 3. The molecule has 0 aliphatic rings. The number of nitriles is 1. The monoisotopic (exact) mass is 469 g/mol. The van der Waals surface area contributed by atoms with Crippen LogP contribution in [0, 0.1) is 11.3 Å². The fourth-order valence-corrected chi connectivity index (χ4v) is 4.31. The number of carbonyl (C=O) groups is 1. The van der Waals surface area contributed by atoms with Crippen molar-refractivity contribution in [1.29, 1.82) is 5.26 Å². The molecule has 6 heteroatoms. The lowest BCUT2D eigenvalue weighted by atomic mass is 9.94. The van der Waals surface area contributed by atoms with E-state index in [0.29, 0.717) is 24.4 Å². The van der Waals surface area contributed by atoms with Gasteiger partial charge in [-0.3, -0.25) is 0 Å². The first-order valence-corrected chi connectivity index (χ1v) is 11.6. The number of carboxylic acid groups (broad SMARTS) is 1. The summed E-state index contributed by atoms with van der Waals surface area (Å²) in [7, 11) is 0. The van der Waals surface area contributed by atoms with Gasteiger partial charge in [0.05, 0.1) is 11.6 Å². The molecule has 34 heavy (non-hydrogen) atoms. The van der Waals surface area contributed by atoms with Crippen molar-refractivity contribution in [3.05, 3.63) is 101 Å². The molecule has 4 aromatic rings. The highest BCUT2D eigenvalue weighted by Gasteiger charge is 2.21. The van der Waals surface area contributed by atoms with Crippen molar-refractivity contribution in [2.45, 2.75) is 32.7 Å². The minimum absolute atomic E-state index is 0.0131. The molecule has 0 aliphatic heterocycles. The Kier molecular flexibility index (Phi) is 7.10. The van der Waals surface area contributed by atoms with Gasteiger partial charge in [0.15, 0.2) is 10.8 Å². The lowest BCUT2D eigenvalue weighted by molar-refractivity contribution is 0.0685. The van der Waals surface area contributed by atoms with Crippen molar-refractivity contribution >= 4 is 17.6 Å². The Morgan fingerprint density at radius 2 is 1.74 bits per heavy atom. The number of rotatable bonds is 8. The number of benzene rings is 3. The number of aryl methyl sites for hydroxylation is 1. The first kappa shape index (κ1) is 23.3. The number of aromatic nitrogens is 2. The standard InChI is InChI=1S/C28H24ClN3O2/c1-2-3-9-25-31-27(29)26(28(33)34)32(25)18-19-10-12-21(13-11-19)24-16-22(14-15-23(24)17-30)20-7-5-4-6-8-20/h4-8,10-16H,2-3,9,18H2,1H3,(H,33,34). The molecule has 0 bridgehead atoms. The maximum atomic E-state index is 11.8. The average molecular weight is 470 g/mol. The van der Waals surface area contributed by atoms with E-state index in [0.717, 1.165) is 40.7 Å². The number of nitrogens with zero attached hydrogens (tertiary/aromatic N) is 3. The van der Waals surface area contributed by atoms with Crippen LogP contribution in [-0.4, -0.2) is 20.6 Å². The van der Waals surface area contributed by atoms with Crippen LogP contribution in [-0.2, 0) is 13.0 Å². The molecule has 170 valence electrons. The average Bonchev–Trinajstić information content (AvgIpc) is 3.18. The van der Waals surface area contributed by atoms with Crippen molar-refractivity contribution < 1.29 is 9.90 Å². The van der Waals surface area contributed by atoms with Gasteiger partial charge in [0.2, 0.25) is 0 Å². The van der Waals surface area contributed by atoms with Crippen molar-refractivity contribution in [3.63, 3.8) is 0 Å². The summed E-state index contributed by atoms with van der Waals surface area (Å²) in [5, 5.41) is 19.3. The summed E-state index contributed by atoms with van der Waals surface area (Å²) < 4.78 is 1.69. The molecule has 3 aromatic carbocycles. The largest absolute Gasteiger partial charge is 0.476 e. The summed E-state index contributed by atoms with van der Waals surface area (Å²) in [5.74, 6) is -0.413. The van der Waals surface area contributed by atoms with Crippen molar-refractivity contribution in [3.8, 4) is 28.3 Å². The highest BCUT2D eigenvalue weighted by molar-refractivity contribution is 6.32. The van der Waals surface area contributed by atoms with Gasteiger partial charge in [-0.15, -0.1) is 0 Å². The van der Waals surface area contributed by atoms with Crippen molar-refractivity contribution in [1.82, 2.24) is 9.55 Å². The Morgan fingerprint density at radius 3 is 2.38 bits per heavy atom. The van der Waals surface area contributed by atoms with Gasteiger partial charge < -0.3 is 9.67 Å². The van der Waals surface area contributed by atoms with Gasteiger partial charge in [0, 0.05) is 18.5 Å². The zero-order valence-electron chi connectivity index (χ0n) is 18.8. The fraction of sp³-hybridized carbons (Fsp3) is 0.179. The van der Waals surface area contributed by atoms with Gasteiger partial charge in [0.25, 0.3) is 0 Å². The fourth-order valence-electron chi connectivity index (χ4n) is 4.03. The Balaban J connectivity index is 1.67. The molecule has 0 amide bonds. The quantitative estimate of drug-likeness (QED) is 0.306. The summed E-state index contributed by atoms with van der Waals surface area (Å²) in [5.41, 5.74) is 5.45. The van der Waals surface area contributed by atoms with Gasteiger partial charge >= 0.3 is 5.97 Å². The molecule has 0 radical (unpaired) electrons. The van der Waals surface area contributed by atoms with E-state index in [1.165, 1.54) is 0 Å². The lowest BCUT2D eigenvalue weighted by Gasteiger charge is -2.12. The van der Waals surface area contributed by atoms with Crippen LogP contribution >= 0.6 is 11.6 Å². The minimum Gasteiger partial charge on any atom is -0.476 e. The predicted octanol–water partition coefficient (Wildman–Crippen LogP) is 6.83. The first-order valence-electron chi connectivity index (χ1n) is 11.2. The summed E-state index contributed by atoms with van der Waals surface area (Å²) in [6.45, 7) is 2.43. The van der Waals surface area contributed by atoms with Gasteiger partial charge in [-0.05, 0) is 40.8 Å². The molecule has 1 N–H and O–H groups in total. The summed E-state index contributed by atoms with van der Waals surface area (Å²) in [6, 6.07) is 26.0.